The van der Waals surface area contributed by atoms with Gasteiger partial charge >= 0.3 is 0 Å². The summed E-state index contributed by atoms with van der Waals surface area (Å²) in [7, 11) is 3.64. The molecule has 0 radical (unpaired) electrons. The number of methoxy groups -OCH3 is 1. The number of piperazine rings is 1. The minimum absolute atomic E-state index is 0. The molecule has 1 N–H and O–H groups in total. The molecule has 1 saturated carbocycles. The average molecular weight is 507 g/mol. The Morgan fingerprint density at radius 2 is 1.75 bits per heavy atom. The van der Waals surface area contributed by atoms with Crippen LogP contribution in [0, 0.1) is 5.41 Å². The topological polar surface area (TPSA) is 60.4 Å². The van der Waals surface area contributed by atoms with Crippen LogP contribution < -0.4 is 5.32 Å². The molecule has 3 aliphatic rings. The highest BCUT2D eigenvalue weighted by Crippen LogP contribution is 2.48. The van der Waals surface area contributed by atoms with Crippen molar-refractivity contribution in [3.05, 3.63) is 0 Å². The number of hydrogen-bond donors (Lipinski definition) is 1. The summed E-state index contributed by atoms with van der Waals surface area (Å²) < 4.78 is 5.25. The molecule has 0 bridgehead atoms. The number of aliphatic imine (C=N–C) groups is 1. The van der Waals surface area contributed by atoms with Crippen molar-refractivity contribution in [3.63, 3.8) is 0 Å². The fourth-order valence-corrected chi connectivity index (χ4v) is 4.29. The van der Waals surface area contributed by atoms with Crippen LogP contribution in [-0.4, -0.2) is 99.2 Å². The lowest BCUT2D eigenvalue weighted by atomic mass is 10.0. The summed E-state index contributed by atoms with van der Waals surface area (Å²) >= 11 is 0. The summed E-state index contributed by atoms with van der Waals surface area (Å²) in [5, 5.41) is 3.59. The number of rotatable bonds is 7. The lowest BCUT2D eigenvalue weighted by Gasteiger charge is -2.39. The van der Waals surface area contributed by atoms with Crippen LogP contribution in [0.25, 0.3) is 0 Å². The monoisotopic (exact) mass is 507 g/mol. The molecule has 0 aromatic carbocycles. The molecule has 0 spiro atoms. The molecule has 1 atom stereocenters. The number of ether oxygens (including phenoxy) is 1. The SMILES string of the molecule is CN=C(NCC1(CCOC)CC1)N1CCN(C(C)C(=O)N2CCCC2)CC1.I. The Hall–Kier alpha value is -0.610. The quantitative estimate of drug-likeness (QED) is 0.323. The van der Waals surface area contributed by atoms with Crippen LogP contribution >= 0.6 is 24.0 Å². The maximum absolute atomic E-state index is 12.6. The standard InChI is InChI=1S/C20H37N5O2.HI/c1-17(18(26)24-9-4-5-10-24)23-11-13-25(14-12-23)19(21-2)22-16-20(6-7-20)8-15-27-3;/h17H,4-16H2,1-3H3,(H,21,22);1H. The molecule has 2 aliphatic heterocycles. The van der Waals surface area contributed by atoms with Crippen LogP contribution in [0.2, 0.25) is 0 Å². The van der Waals surface area contributed by atoms with E-state index in [-0.39, 0.29) is 30.0 Å². The number of amides is 1. The van der Waals surface area contributed by atoms with Gasteiger partial charge in [-0.25, -0.2) is 0 Å². The molecule has 7 nitrogen and oxygen atoms in total. The summed E-state index contributed by atoms with van der Waals surface area (Å²) in [5.74, 6) is 1.30. The molecule has 1 aliphatic carbocycles. The second kappa shape index (κ2) is 11.0. The minimum atomic E-state index is -0.0102. The van der Waals surface area contributed by atoms with Gasteiger partial charge < -0.3 is 19.9 Å². The van der Waals surface area contributed by atoms with Crippen molar-refractivity contribution in [2.75, 3.05) is 66.6 Å². The van der Waals surface area contributed by atoms with Crippen LogP contribution in [-0.2, 0) is 9.53 Å². The van der Waals surface area contributed by atoms with Crippen molar-refractivity contribution in [3.8, 4) is 0 Å². The predicted octanol–water partition coefficient (Wildman–Crippen LogP) is 1.62. The number of nitrogens with one attached hydrogen (secondary N) is 1. The number of carbonyl (C=O) groups excluding carboxylic acids is 1. The highest BCUT2D eigenvalue weighted by molar-refractivity contribution is 14.0. The molecule has 2 heterocycles. The van der Waals surface area contributed by atoms with Crippen LogP contribution in [0.5, 0.6) is 0 Å². The Labute approximate surface area is 187 Å². The van der Waals surface area contributed by atoms with Gasteiger partial charge in [0.2, 0.25) is 5.91 Å². The van der Waals surface area contributed by atoms with Crippen molar-refractivity contribution in [1.82, 2.24) is 20.0 Å². The van der Waals surface area contributed by atoms with E-state index in [1.165, 1.54) is 12.8 Å². The van der Waals surface area contributed by atoms with Gasteiger partial charge in [0.25, 0.3) is 0 Å². The largest absolute Gasteiger partial charge is 0.385 e. The Bertz CT molecular complexity index is 527. The fourth-order valence-electron chi connectivity index (χ4n) is 4.29. The van der Waals surface area contributed by atoms with E-state index in [0.717, 1.165) is 77.6 Å². The molecule has 0 aromatic rings. The lowest BCUT2D eigenvalue weighted by Crippen LogP contribution is -2.57. The number of nitrogens with zero attached hydrogens (tertiary/aromatic N) is 4. The van der Waals surface area contributed by atoms with Gasteiger partial charge in [0.15, 0.2) is 5.96 Å². The van der Waals surface area contributed by atoms with Crippen molar-refractivity contribution < 1.29 is 9.53 Å². The van der Waals surface area contributed by atoms with E-state index < -0.39 is 0 Å². The molecular formula is C20H38IN5O2. The zero-order valence-electron chi connectivity index (χ0n) is 17.8. The van der Waals surface area contributed by atoms with Crippen molar-refractivity contribution >= 4 is 35.8 Å². The summed E-state index contributed by atoms with van der Waals surface area (Å²) in [6.07, 6.45) is 5.99. The third kappa shape index (κ3) is 5.95. The van der Waals surface area contributed by atoms with Gasteiger partial charge in [-0.3, -0.25) is 14.7 Å². The molecule has 1 amide bonds. The maximum atomic E-state index is 12.6. The van der Waals surface area contributed by atoms with Crippen molar-refractivity contribution in [2.45, 2.75) is 45.1 Å². The number of carbonyl (C=O) groups is 1. The van der Waals surface area contributed by atoms with Gasteiger partial charge in [-0.15, -0.1) is 24.0 Å². The Morgan fingerprint density at radius 3 is 2.29 bits per heavy atom. The summed E-state index contributed by atoms with van der Waals surface area (Å²) in [5.41, 5.74) is 0.407. The summed E-state index contributed by atoms with van der Waals surface area (Å²) in [6, 6.07) is -0.0102. The Balaban J connectivity index is 0.00000280. The van der Waals surface area contributed by atoms with E-state index in [0.29, 0.717) is 11.3 Å². The molecule has 162 valence electrons. The van der Waals surface area contributed by atoms with Gasteiger partial charge in [-0.2, -0.15) is 0 Å². The van der Waals surface area contributed by atoms with E-state index in [4.69, 9.17) is 4.74 Å². The first-order valence-electron chi connectivity index (χ1n) is 10.6. The lowest BCUT2D eigenvalue weighted by molar-refractivity contribution is -0.135. The molecule has 28 heavy (non-hydrogen) atoms. The van der Waals surface area contributed by atoms with Crippen LogP contribution in [0.3, 0.4) is 0 Å². The van der Waals surface area contributed by atoms with E-state index >= 15 is 0 Å². The van der Waals surface area contributed by atoms with E-state index in [1.807, 2.05) is 11.9 Å². The van der Waals surface area contributed by atoms with Gasteiger partial charge in [-0.1, -0.05) is 0 Å². The van der Waals surface area contributed by atoms with Gasteiger partial charge in [-0.05, 0) is 44.4 Å². The fraction of sp³-hybridized carbons (Fsp3) is 0.900. The highest BCUT2D eigenvalue weighted by Gasteiger charge is 2.42. The smallest absolute Gasteiger partial charge is 0.239 e. The third-order valence-electron chi connectivity index (χ3n) is 6.56. The first-order valence-corrected chi connectivity index (χ1v) is 10.6. The van der Waals surface area contributed by atoms with Gasteiger partial charge in [0.05, 0.1) is 6.04 Å². The van der Waals surface area contributed by atoms with Crippen LogP contribution in [0.4, 0.5) is 0 Å². The second-order valence-electron chi connectivity index (χ2n) is 8.37. The molecular weight excluding hydrogens is 469 g/mol. The Morgan fingerprint density at radius 1 is 1.11 bits per heavy atom. The van der Waals surface area contributed by atoms with E-state index in [2.05, 4.69) is 27.0 Å². The molecule has 3 fully saturated rings. The first-order chi connectivity index (χ1) is 13.1. The molecule has 8 heteroatoms. The minimum Gasteiger partial charge on any atom is -0.385 e. The number of likely N-dealkylation sites (tertiary alicyclic amines) is 1. The first kappa shape index (κ1) is 23.7. The van der Waals surface area contributed by atoms with Gasteiger partial charge in [0, 0.05) is 66.6 Å². The number of hydrogen-bond acceptors (Lipinski definition) is 4. The van der Waals surface area contributed by atoms with E-state index in [9.17, 15) is 4.79 Å². The third-order valence-corrected chi connectivity index (χ3v) is 6.56. The maximum Gasteiger partial charge on any atom is 0.239 e. The predicted molar refractivity (Wildman–Crippen MR) is 123 cm³/mol. The van der Waals surface area contributed by atoms with Crippen molar-refractivity contribution in [2.24, 2.45) is 10.4 Å². The second-order valence-corrected chi connectivity index (χ2v) is 8.37. The van der Waals surface area contributed by atoms with Gasteiger partial charge in [0.1, 0.15) is 0 Å². The zero-order valence-corrected chi connectivity index (χ0v) is 20.1. The molecule has 0 aromatic heterocycles. The Kier molecular flexibility index (Phi) is 9.27. The van der Waals surface area contributed by atoms with E-state index in [1.54, 1.807) is 7.11 Å². The summed E-state index contributed by atoms with van der Waals surface area (Å²) in [4.78, 5) is 23.8. The normalized spacial score (nSPS) is 23.3. The highest BCUT2D eigenvalue weighted by atomic mass is 127. The molecule has 2 saturated heterocycles. The van der Waals surface area contributed by atoms with Crippen LogP contribution in [0.1, 0.15) is 39.0 Å². The summed E-state index contributed by atoms with van der Waals surface area (Å²) in [6.45, 7) is 9.41. The van der Waals surface area contributed by atoms with Crippen LogP contribution in [0.15, 0.2) is 4.99 Å². The van der Waals surface area contributed by atoms with Crippen molar-refractivity contribution in [1.29, 1.82) is 0 Å². The average Bonchev–Trinajstić information content (AvgIpc) is 3.25. The number of guanidine groups is 1. The zero-order chi connectivity index (χ0) is 19.3. The number of halogens is 1. The molecule has 1 unspecified atom stereocenters. The molecule has 3 rings (SSSR count).